The minimum Gasteiger partial charge on any atom is -0.0617 e. The highest BCUT2D eigenvalue weighted by molar-refractivity contribution is 6.34. The van der Waals surface area contributed by atoms with Crippen molar-refractivity contribution >= 4 is 53.9 Å². The maximum absolute atomic E-state index is 2.61. The Kier molecular flexibility index (Phi) is 10.8. The molecule has 12 aromatic rings. The van der Waals surface area contributed by atoms with E-state index in [1.165, 1.54) is 176 Å². The third kappa shape index (κ3) is 7.54. The van der Waals surface area contributed by atoms with Gasteiger partial charge in [0.05, 0.1) is 0 Å². The largest absolute Gasteiger partial charge is 0.0617 e. The van der Waals surface area contributed by atoms with E-state index in [9.17, 15) is 0 Å². The molecule has 392 valence electrons. The quantitative estimate of drug-likeness (QED) is 0.154. The highest BCUT2D eigenvalue weighted by Gasteiger charge is 2.35. The van der Waals surface area contributed by atoms with Crippen molar-refractivity contribution < 1.29 is 0 Å². The fourth-order valence-electron chi connectivity index (χ4n) is 14.1. The van der Waals surface area contributed by atoms with Crippen LogP contribution in [-0.4, -0.2) is 0 Å². The first-order valence-corrected chi connectivity index (χ1v) is 29.2. The number of hydrogen-bond donors (Lipinski definition) is 0. The molecule has 0 aromatic heterocycles. The van der Waals surface area contributed by atoms with Gasteiger partial charge in [-0.3, -0.25) is 0 Å². The van der Waals surface area contributed by atoms with Crippen LogP contribution in [0.4, 0.5) is 0 Å². The molecule has 0 atom stereocenters. The summed E-state index contributed by atoms with van der Waals surface area (Å²) in [6, 6.07) is 71.6. The Labute approximate surface area is 474 Å². The molecule has 0 aliphatic heterocycles. The maximum atomic E-state index is 2.61. The van der Waals surface area contributed by atoms with Crippen LogP contribution in [0, 0.1) is 13.8 Å². The predicted octanol–water partition coefficient (Wildman–Crippen LogP) is 23.2. The van der Waals surface area contributed by atoms with E-state index in [2.05, 4.69) is 279 Å². The smallest absolute Gasteiger partial charge is 0.000719 e. The Morgan fingerprint density at radius 1 is 0.212 bits per heavy atom. The van der Waals surface area contributed by atoms with Crippen molar-refractivity contribution in [1.82, 2.24) is 0 Å². The lowest BCUT2D eigenvalue weighted by Gasteiger charge is -2.29. The summed E-state index contributed by atoms with van der Waals surface area (Å²) in [5.41, 5.74) is 28.6. The Hall–Kier alpha value is -8.06. The van der Waals surface area contributed by atoms with Gasteiger partial charge in [-0.2, -0.15) is 0 Å². The van der Waals surface area contributed by atoms with Crippen molar-refractivity contribution in [2.75, 3.05) is 0 Å². The summed E-state index contributed by atoms with van der Waals surface area (Å²) < 4.78 is 0. The van der Waals surface area contributed by atoms with Gasteiger partial charge in [-0.15, -0.1) is 0 Å². The monoisotopic (exact) mass is 1030 g/mol. The summed E-state index contributed by atoms with van der Waals surface area (Å²) in [6.07, 6.45) is 0. The number of rotatable bonds is 4. The molecule has 0 unspecified atom stereocenters. The lowest BCUT2D eigenvalue weighted by Crippen LogP contribution is -2.17. The maximum Gasteiger partial charge on any atom is -0.000719 e. The molecule has 80 heavy (non-hydrogen) atoms. The van der Waals surface area contributed by atoms with Crippen LogP contribution in [0.2, 0.25) is 0 Å². The van der Waals surface area contributed by atoms with Crippen molar-refractivity contribution in [3.05, 3.63) is 215 Å². The molecule has 0 bridgehead atoms. The predicted molar refractivity (Wildman–Crippen MR) is 349 cm³/mol. The van der Waals surface area contributed by atoms with Crippen molar-refractivity contribution in [1.29, 1.82) is 0 Å². The van der Waals surface area contributed by atoms with Crippen molar-refractivity contribution in [2.24, 2.45) is 0 Å². The summed E-state index contributed by atoms with van der Waals surface area (Å²) in [5.74, 6) is 0. The van der Waals surface area contributed by atoms with Crippen LogP contribution < -0.4 is 0 Å². The number of fused-ring (bicyclic) bond motifs is 11. The SMILES string of the molecule is Cc1cccc(C)c1-c1ccc2c(-c3cc(C(C)(C)C)cc(C(C)(C)C)c3)c3c(c(-c4cc(C(C)(C)C)cc(C(C)(C)C)c4)c2c1)-c1cccc2c1c-3cc1c3ccccc3c(-c3ccc4c5c(cccc35)-c3ccccc3-4)cc21. The first-order valence-electron chi connectivity index (χ1n) is 29.2. The molecule has 0 amide bonds. The second-order valence-electron chi connectivity index (χ2n) is 27.8. The molecule has 0 N–H and O–H groups in total. The minimum absolute atomic E-state index is 0.0774. The molecular weight excluding hydrogens is 961 g/mol. The Morgan fingerprint density at radius 3 is 1.23 bits per heavy atom. The molecule has 2 aliphatic carbocycles. The molecule has 0 spiro atoms. The van der Waals surface area contributed by atoms with E-state index in [0.717, 1.165) is 0 Å². The molecule has 0 nitrogen and oxygen atoms in total. The zero-order chi connectivity index (χ0) is 55.7. The van der Waals surface area contributed by atoms with E-state index in [4.69, 9.17) is 0 Å². The second-order valence-corrected chi connectivity index (χ2v) is 27.8. The first-order chi connectivity index (χ1) is 38.0. The average Bonchev–Trinajstić information content (AvgIpc) is 4.15. The van der Waals surface area contributed by atoms with Gasteiger partial charge in [0.25, 0.3) is 0 Å². The van der Waals surface area contributed by atoms with Crippen LogP contribution in [0.25, 0.3) is 143 Å². The zero-order valence-electron chi connectivity index (χ0n) is 49.3. The fraction of sp³-hybridized carbons (Fsp3) is 0.225. The van der Waals surface area contributed by atoms with Crippen LogP contribution in [0.1, 0.15) is 116 Å². The molecule has 0 fully saturated rings. The molecule has 14 rings (SSSR count). The lowest BCUT2D eigenvalue weighted by molar-refractivity contribution is 0.568. The molecule has 0 heterocycles. The summed E-state index contributed by atoms with van der Waals surface area (Å²) in [6.45, 7) is 33.1. The topological polar surface area (TPSA) is 0 Å². The number of benzene rings is 12. The molecule has 12 aromatic carbocycles. The van der Waals surface area contributed by atoms with Gasteiger partial charge in [0.1, 0.15) is 0 Å². The van der Waals surface area contributed by atoms with Gasteiger partial charge in [0.15, 0.2) is 0 Å². The van der Waals surface area contributed by atoms with Crippen LogP contribution >= 0.6 is 0 Å². The molecule has 0 saturated heterocycles. The van der Waals surface area contributed by atoms with Crippen LogP contribution in [0.15, 0.2) is 182 Å². The van der Waals surface area contributed by atoms with Crippen LogP contribution in [0.5, 0.6) is 0 Å². The van der Waals surface area contributed by atoms with Gasteiger partial charge in [-0.1, -0.05) is 247 Å². The Balaban J connectivity index is 1.17. The van der Waals surface area contributed by atoms with E-state index < -0.39 is 0 Å². The Morgan fingerprint density at radius 2 is 0.637 bits per heavy atom. The lowest BCUT2D eigenvalue weighted by atomic mass is 9.75. The fourth-order valence-corrected chi connectivity index (χ4v) is 14.1. The number of hydrogen-bond acceptors (Lipinski definition) is 0. The number of aryl methyl sites for hydroxylation is 2. The first kappa shape index (κ1) is 50.2. The van der Waals surface area contributed by atoms with E-state index in [0.29, 0.717) is 0 Å². The van der Waals surface area contributed by atoms with Crippen molar-refractivity contribution in [3.63, 3.8) is 0 Å². The van der Waals surface area contributed by atoms with Crippen LogP contribution in [-0.2, 0) is 21.7 Å². The van der Waals surface area contributed by atoms with Gasteiger partial charge < -0.3 is 0 Å². The standard InChI is InChI=1S/C80H72/c1-45-22-19-23-46(2)70(45)47-32-33-63-68(40-47)72(49-38-52(79(9,10)11)42-53(39-49)80(12,13)14)75-64-31-21-30-61-67-43-65(58-34-35-62-55-25-16-15-24-54(55)59-28-20-29-60(58)73(59)62)56-26-17-18-27-57(56)66(67)44-69(74(61)64)76(75)71(63)48-36-50(77(3,4)5)41-51(37-48)78(6,7)8/h15-44H,1-14H3. The summed E-state index contributed by atoms with van der Waals surface area (Å²) >= 11 is 0. The van der Waals surface area contributed by atoms with E-state index in [-0.39, 0.29) is 21.7 Å². The van der Waals surface area contributed by atoms with Crippen molar-refractivity contribution in [2.45, 2.75) is 119 Å². The van der Waals surface area contributed by atoms with E-state index >= 15 is 0 Å². The van der Waals surface area contributed by atoms with Gasteiger partial charge in [-0.05, 0) is 230 Å². The summed E-state index contributed by atoms with van der Waals surface area (Å²) in [4.78, 5) is 0. The van der Waals surface area contributed by atoms with E-state index in [1.54, 1.807) is 0 Å². The molecule has 0 saturated carbocycles. The summed E-state index contributed by atoms with van der Waals surface area (Å²) in [5, 5.41) is 13.0. The molecule has 2 aliphatic rings. The summed E-state index contributed by atoms with van der Waals surface area (Å²) in [7, 11) is 0. The Bertz CT molecular complexity index is 4560. The zero-order valence-corrected chi connectivity index (χ0v) is 49.3. The molecular formula is C80H72. The van der Waals surface area contributed by atoms with E-state index in [1.807, 2.05) is 0 Å². The highest BCUT2D eigenvalue weighted by Crippen LogP contribution is 2.61. The minimum atomic E-state index is -0.0799. The third-order valence-electron chi connectivity index (χ3n) is 18.4. The second kappa shape index (κ2) is 17.2. The van der Waals surface area contributed by atoms with Crippen molar-refractivity contribution in [3.8, 4) is 89.0 Å². The van der Waals surface area contributed by atoms with Gasteiger partial charge in [0.2, 0.25) is 0 Å². The third-order valence-corrected chi connectivity index (χ3v) is 18.4. The van der Waals surface area contributed by atoms with Gasteiger partial charge in [0, 0.05) is 0 Å². The van der Waals surface area contributed by atoms with Gasteiger partial charge in [-0.25, -0.2) is 0 Å². The van der Waals surface area contributed by atoms with Crippen LogP contribution in [0.3, 0.4) is 0 Å². The normalized spacial score (nSPS) is 13.1. The average molecular weight is 1030 g/mol. The van der Waals surface area contributed by atoms with Gasteiger partial charge >= 0.3 is 0 Å². The highest BCUT2D eigenvalue weighted by atomic mass is 14.4. The molecule has 0 heteroatoms. The molecule has 0 radical (unpaired) electrons.